The summed E-state index contributed by atoms with van der Waals surface area (Å²) >= 11 is 0. The van der Waals surface area contributed by atoms with Gasteiger partial charge in [-0.2, -0.15) is 0 Å². The van der Waals surface area contributed by atoms with E-state index >= 15 is 0 Å². The zero-order chi connectivity index (χ0) is 21.8. The van der Waals surface area contributed by atoms with E-state index in [0.717, 1.165) is 0 Å². The molecular weight excluding hydrogens is 384 g/mol. The van der Waals surface area contributed by atoms with E-state index in [1.54, 1.807) is 33.7 Å². The van der Waals surface area contributed by atoms with E-state index in [4.69, 9.17) is 0 Å². The quantitative estimate of drug-likeness (QED) is 0.661. The van der Waals surface area contributed by atoms with Crippen molar-refractivity contribution in [3.8, 4) is 0 Å². The van der Waals surface area contributed by atoms with Crippen molar-refractivity contribution in [1.82, 2.24) is 19.6 Å². The Morgan fingerprint density at radius 3 is 1.30 bits per heavy atom. The minimum absolute atomic E-state index is 0.0114. The van der Waals surface area contributed by atoms with Crippen LogP contribution in [0.1, 0.15) is 52.4 Å². The van der Waals surface area contributed by atoms with Crippen molar-refractivity contribution >= 4 is 23.6 Å². The van der Waals surface area contributed by atoms with Gasteiger partial charge in [0, 0.05) is 50.1 Å². The molecule has 8 nitrogen and oxygen atoms in total. The number of carbonyl (C=O) groups is 4. The lowest BCUT2D eigenvalue weighted by Gasteiger charge is -2.55. The highest BCUT2D eigenvalue weighted by Crippen LogP contribution is 2.58. The Morgan fingerprint density at radius 2 is 1.00 bits per heavy atom. The molecule has 8 heteroatoms. The minimum atomic E-state index is -0.434. The second kappa shape index (κ2) is 7.24. The Morgan fingerprint density at radius 1 is 0.700 bits per heavy atom. The summed E-state index contributed by atoms with van der Waals surface area (Å²) in [5, 5.41) is 0. The number of likely N-dealkylation sites (N-methyl/N-ethyl adjacent to an activating group) is 2. The van der Waals surface area contributed by atoms with Gasteiger partial charge in [-0.15, -0.1) is 0 Å². The van der Waals surface area contributed by atoms with Gasteiger partial charge in [-0.25, -0.2) is 0 Å². The molecule has 2 saturated heterocycles. The van der Waals surface area contributed by atoms with Gasteiger partial charge in [-0.1, -0.05) is 0 Å². The topological polar surface area (TPSA) is 81.2 Å². The molecule has 5 fully saturated rings. The molecule has 3 saturated carbocycles. The van der Waals surface area contributed by atoms with Crippen LogP contribution in [-0.2, 0) is 19.2 Å². The normalized spacial score (nSPS) is 37.1. The lowest BCUT2D eigenvalue weighted by molar-refractivity contribution is -0.170. The molecule has 2 bridgehead atoms. The molecule has 0 radical (unpaired) electrons. The fourth-order valence-corrected chi connectivity index (χ4v) is 6.02. The van der Waals surface area contributed by atoms with Crippen LogP contribution in [0.25, 0.3) is 0 Å². The van der Waals surface area contributed by atoms with E-state index in [1.165, 1.54) is 0 Å². The fraction of sp³-hybridized carbons (Fsp3) is 0.818. The first-order valence-corrected chi connectivity index (χ1v) is 11.2. The smallest absolute Gasteiger partial charge is 0.242 e. The van der Waals surface area contributed by atoms with E-state index in [-0.39, 0.29) is 48.8 Å². The second-order valence-corrected chi connectivity index (χ2v) is 10.2. The number of rotatable bonds is 2. The van der Waals surface area contributed by atoms with Gasteiger partial charge >= 0.3 is 0 Å². The highest BCUT2D eigenvalue weighted by atomic mass is 16.2. The van der Waals surface area contributed by atoms with E-state index in [9.17, 15) is 19.2 Å². The summed E-state index contributed by atoms with van der Waals surface area (Å²) in [6, 6.07) is 0.0315. The SMILES string of the molecule is CC1CN(C)C(=O)CN1C(=O)C12CCC(C(=O)N3CC(=O)N(C)CC3C)(CC1)CC2. The number of hydrogen-bond acceptors (Lipinski definition) is 4. The predicted octanol–water partition coefficient (Wildman–Crippen LogP) is 0.705. The van der Waals surface area contributed by atoms with E-state index in [0.29, 0.717) is 51.6 Å². The average molecular weight is 419 g/mol. The number of fused-ring (bicyclic) bond motifs is 3. The Hall–Kier alpha value is -2.12. The number of amides is 4. The van der Waals surface area contributed by atoms with Crippen LogP contribution < -0.4 is 0 Å². The zero-order valence-corrected chi connectivity index (χ0v) is 18.6. The molecule has 30 heavy (non-hydrogen) atoms. The molecule has 0 aromatic rings. The van der Waals surface area contributed by atoms with Crippen LogP contribution in [0.4, 0.5) is 0 Å². The first-order valence-electron chi connectivity index (χ1n) is 11.2. The molecule has 5 aliphatic rings. The van der Waals surface area contributed by atoms with Crippen LogP contribution in [0.5, 0.6) is 0 Å². The van der Waals surface area contributed by atoms with Gasteiger partial charge in [0.1, 0.15) is 13.1 Å². The van der Waals surface area contributed by atoms with E-state index < -0.39 is 10.8 Å². The maximum atomic E-state index is 13.5. The number of nitrogens with zero attached hydrogens (tertiary/aromatic N) is 4. The van der Waals surface area contributed by atoms with Crippen molar-refractivity contribution in [2.75, 3.05) is 40.3 Å². The summed E-state index contributed by atoms with van der Waals surface area (Å²) < 4.78 is 0. The summed E-state index contributed by atoms with van der Waals surface area (Å²) in [5.41, 5.74) is -0.869. The third kappa shape index (κ3) is 3.19. The van der Waals surface area contributed by atoms with Crippen LogP contribution in [0.15, 0.2) is 0 Å². The van der Waals surface area contributed by atoms with Crippen molar-refractivity contribution in [1.29, 1.82) is 0 Å². The van der Waals surface area contributed by atoms with Gasteiger partial charge in [0.25, 0.3) is 0 Å². The maximum absolute atomic E-state index is 13.5. The number of piperazine rings is 2. The molecular formula is C22H34N4O4. The highest BCUT2D eigenvalue weighted by Gasteiger charge is 2.58. The third-order valence-corrected chi connectivity index (χ3v) is 8.28. The first kappa shape index (κ1) is 21.1. The standard InChI is InChI=1S/C22H34N4O4/c1-15-11-23(3)17(27)13-25(15)19(29)21-5-8-22(9-6-21,10-7-21)20(30)26-14-18(28)24(4)12-16(26)2/h15-16H,5-14H2,1-4H3. The molecule has 2 unspecified atom stereocenters. The summed E-state index contributed by atoms with van der Waals surface area (Å²) in [7, 11) is 3.56. The highest BCUT2D eigenvalue weighted by molar-refractivity contribution is 5.92. The van der Waals surface area contributed by atoms with Gasteiger partial charge in [-0.3, -0.25) is 19.2 Å². The summed E-state index contributed by atoms with van der Waals surface area (Å²) in [5.74, 6) is 0.172. The molecule has 166 valence electrons. The van der Waals surface area contributed by atoms with Crippen LogP contribution in [0.2, 0.25) is 0 Å². The van der Waals surface area contributed by atoms with Crippen LogP contribution in [0, 0.1) is 10.8 Å². The summed E-state index contributed by atoms with van der Waals surface area (Å²) in [4.78, 5) is 58.3. The number of hydrogen-bond donors (Lipinski definition) is 0. The van der Waals surface area contributed by atoms with Gasteiger partial charge in [-0.05, 0) is 52.4 Å². The van der Waals surface area contributed by atoms with Crippen LogP contribution >= 0.6 is 0 Å². The molecule has 2 heterocycles. The molecule has 2 aliphatic heterocycles. The Kier molecular flexibility index (Phi) is 5.10. The van der Waals surface area contributed by atoms with Crippen molar-refractivity contribution in [2.24, 2.45) is 10.8 Å². The van der Waals surface area contributed by atoms with Crippen LogP contribution in [0.3, 0.4) is 0 Å². The van der Waals surface area contributed by atoms with Gasteiger partial charge < -0.3 is 19.6 Å². The number of carbonyl (C=O) groups excluding carboxylic acids is 4. The zero-order valence-electron chi connectivity index (χ0n) is 18.6. The van der Waals surface area contributed by atoms with Crippen LogP contribution in [-0.4, -0.2) is 95.6 Å². The van der Waals surface area contributed by atoms with E-state index in [2.05, 4.69) is 0 Å². The maximum Gasteiger partial charge on any atom is 0.242 e. The van der Waals surface area contributed by atoms with Gasteiger partial charge in [0.15, 0.2) is 0 Å². The average Bonchev–Trinajstić information content (AvgIpc) is 2.73. The molecule has 3 aliphatic carbocycles. The summed E-state index contributed by atoms with van der Waals surface area (Å²) in [6.07, 6.45) is 4.17. The molecule has 0 N–H and O–H groups in total. The lowest BCUT2D eigenvalue weighted by Crippen LogP contribution is -2.63. The Balaban J connectivity index is 1.46. The van der Waals surface area contributed by atoms with Crippen molar-refractivity contribution < 1.29 is 19.2 Å². The Bertz CT molecular complexity index is 693. The summed E-state index contributed by atoms with van der Waals surface area (Å²) in [6.45, 7) is 5.45. The van der Waals surface area contributed by atoms with Crippen molar-refractivity contribution in [3.05, 3.63) is 0 Å². The molecule has 0 aromatic heterocycles. The predicted molar refractivity (Wildman–Crippen MR) is 110 cm³/mol. The lowest BCUT2D eigenvalue weighted by atomic mass is 9.52. The Labute approximate surface area is 178 Å². The largest absolute Gasteiger partial charge is 0.342 e. The third-order valence-electron chi connectivity index (χ3n) is 8.28. The molecule has 2 atom stereocenters. The minimum Gasteiger partial charge on any atom is -0.342 e. The molecule has 0 aromatic carbocycles. The van der Waals surface area contributed by atoms with Gasteiger partial charge in [0.2, 0.25) is 23.6 Å². The second-order valence-electron chi connectivity index (χ2n) is 10.2. The van der Waals surface area contributed by atoms with Crippen molar-refractivity contribution in [2.45, 2.75) is 64.5 Å². The molecule has 5 rings (SSSR count). The first-order chi connectivity index (χ1) is 14.1. The van der Waals surface area contributed by atoms with Gasteiger partial charge in [0.05, 0.1) is 0 Å². The van der Waals surface area contributed by atoms with Crippen molar-refractivity contribution in [3.63, 3.8) is 0 Å². The fourth-order valence-electron chi connectivity index (χ4n) is 6.02. The van der Waals surface area contributed by atoms with E-state index in [1.807, 2.05) is 13.8 Å². The molecule has 0 spiro atoms. The monoisotopic (exact) mass is 418 g/mol. The molecule has 4 amide bonds.